The second-order valence-corrected chi connectivity index (χ2v) is 7.28. The molecule has 0 unspecified atom stereocenters. The number of carbonyl (C=O) groups is 1. The van der Waals surface area contributed by atoms with Gasteiger partial charge in [0.05, 0.1) is 18.1 Å². The Balaban J connectivity index is 1.85. The Bertz CT molecular complexity index is 678. The lowest BCUT2D eigenvalue weighted by atomic mass is 10.3. The fourth-order valence-corrected chi connectivity index (χ4v) is 3.30. The van der Waals surface area contributed by atoms with Crippen LogP contribution >= 0.6 is 0 Å². The third kappa shape index (κ3) is 6.18. The summed E-state index contributed by atoms with van der Waals surface area (Å²) in [6.07, 6.45) is 0.827. The van der Waals surface area contributed by atoms with Crippen LogP contribution in [0.1, 0.15) is 19.8 Å². The van der Waals surface area contributed by atoms with Gasteiger partial charge in [-0.25, -0.2) is 13.1 Å². The molecule has 0 fully saturated rings. The molecule has 1 aliphatic heterocycles. The molecule has 3 N–H and O–H groups in total. The molecule has 8 nitrogen and oxygen atoms in total. The summed E-state index contributed by atoms with van der Waals surface area (Å²) in [4.78, 5) is 11.7. The predicted octanol–water partition coefficient (Wildman–Crippen LogP) is 0.242. The van der Waals surface area contributed by atoms with Crippen LogP contribution in [0.2, 0.25) is 0 Å². The van der Waals surface area contributed by atoms with E-state index in [2.05, 4.69) is 15.4 Å². The van der Waals surface area contributed by atoms with Gasteiger partial charge in [-0.05, 0) is 18.7 Å². The van der Waals surface area contributed by atoms with E-state index in [1.807, 2.05) is 6.92 Å². The number of sulfonamides is 1. The summed E-state index contributed by atoms with van der Waals surface area (Å²) in [5.41, 5.74) is 0. The summed E-state index contributed by atoms with van der Waals surface area (Å²) in [5.74, 6) is 0.761. The van der Waals surface area contributed by atoms with Gasteiger partial charge in [0.1, 0.15) is 0 Å². The van der Waals surface area contributed by atoms with Crippen molar-refractivity contribution in [1.29, 1.82) is 0 Å². The Hall–Kier alpha value is -1.84. The minimum absolute atomic E-state index is 0.0316. The van der Waals surface area contributed by atoms with Crippen LogP contribution in [-0.2, 0) is 14.8 Å². The number of hydrogen-bond acceptors (Lipinski definition) is 6. The minimum Gasteiger partial charge on any atom is -0.490 e. The van der Waals surface area contributed by atoms with Gasteiger partial charge in [0.15, 0.2) is 11.5 Å². The van der Waals surface area contributed by atoms with E-state index < -0.39 is 10.0 Å². The van der Waals surface area contributed by atoms with Gasteiger partial charge in [-0.2, -0.15) is 0 Å². The lowest BCUT2D eigenvalue weighted by Crippen LogP contribution is -2.34. The van der Waals surface area contributed by atoms with Crippen LogP contribution in [0.15, 0.2) is 23.1 Å². The van der Waals surface area contributed by atoms with Crippen molar-refractivity contribution in [2.45, 2.75) is 24.7 Å². The van der Waals surface area contributed by atoms with Crippen molar-refractivity contribution < 1.29 is 22.7 Å². The highest BCUT2D eigenvalue weighted by Gasteiger charge is 2.18. The van der Waals surface area contributed by atoms with Gasteiger partial charge in [0, 0.05) is 38.5 Å². The van der Waals surface area contributed by atoms with Gasteiger partial charge in [-0.15, -0.1) is 0 Å². The fourth-order valence-electron chi connectivity index (χ4n) is 2.25. The lowest BCUT2D eigenvalue weighted by Gasteiger charge is -2.11. The smallest absolute Gasteiger partial charge is 0.240 e. The number of amides is 1. The van der Waals surface area contributed by atoms with Gasteiger partial charge in [0.2, 0.25) is 15.9 Å². The molecule has 0 spiro atoms. The highest BCUT2D eigenvalue weighted by Crippen LogP contribution is 2.31. The number of rotatable bonds is 9. The van der Waals surface area contributed by atoms with Crippen LogP contribution in [0.25, 0.3) is 0 Å². The first-order valence-electron chi connectivity index (χ1n) is 8.39. The second-order valence-electron chi connectivity index (χ2n) is 5.51. The molecular weight excluding hydrogens is 346 g/mol. The van der Waals surface area contributed by atoms with E-state index in [-0.39, 0.29) is 23.8 Å². The summed E-state index contributed by atoms with van der Waals surface area (Å²) in [6, 6.07) is 4.49. The predicted molar refractivity (Wildman–Crippen MR) is 93.4 cm³/mol. The molecule has 0 saturated carbocycles. The largest absolute Gasteiger partial charge is 0.490 e. The standard InChI is InChI=1S/C16H25N3O5S/c1-2-17-8-9-18-16(20)6-7-19-25(21,22)13-4-5-14-15(12-13)24-11-3-10-23-14/h4-5,12,17,19H,2-3,6-11H2,1H3,(H,18,20). The monoisotopic (exact) mass is 371 g/mol. The molecule has 9 heteroatoms. The fraction of sp³-hybridized carbons (Fsp3) is 0.562. The first kappa shape index (κ1) is 19.5. The summed E-state index contributed by atoms with van der Waals surface area (Å²) in [6.45, 7) is 5.08. The van der Waals surface area contributed by atoms with E-state index in [1.165, 1.54) is 12.1 Å². The number of hydrogen-bond donors (Lipinski definition) is 3. The molecule has 0 aliphatic carbocycles. The molecule has 0 radical (unpaired) electrons. The molecule has 2 rings (SSSR count). The van der Waals surface area contributed by atoms with Crippen molar-refractivity contribution in [2.24, 2.45) is 0 Å². The van der Waals surface area contributed by atoms with E-state index in [1.54, 1.807) is 6.07 Å². The topological polar surface area (TPSA) is 106 Å². The van der Waals surface area contributed by atoms with E-state index in [4.69, 9.17) is 9.47 Å². The van der Waals surface area contributed by atoms with Crippen LogP contribution in [0.3, 0.4) is 0 Å². The van der Waals surface area contributed by atoms with Gasteiger partial charge < -0.3 is 20.1 Å². The van der Waals surface area contributed by atoms with Crippen LogP contribution in [0, 0.1) is 0 Å². The van der Waals surface area contributed by atoms with Crippen molar-refractivity contribution in [3.8, 4) is 11.5 Å². The molecule has 0 saturated heterocycles. The summed E-state index contributed by atoms with van der Waals surface area (Å²) in [5, 5.41) is 5.81. The van der Waals surface area contributed by atoms with E-state index in [9.17, 15) is 13.2 Å². The third-order valence-corrected chi connectivity index (χ3v) is 5.01. The van der Waals surface area contributed by atoms with Crippen molar-refractivity contribution in [3.63, 3.8) is 0 Å². The molecule has 0 bridgehead atoms. The zero-order valence-corrected chi connectivity index (χ0v) is 15.2. The number of ether oxygens (including phenoxy) is 2. The van der Waals surface area contributed by atoms with Crippen molar-refractivity contribution in [1.82, 2.24) is 15.4 Å². The Morgan fingerprint density at radius 1 is 1.12 bits per heavy atom. The molecule has 1 aromatic carbocycles. The maximum absolute atomic E-state index is 12.3. The average molecular weight is 371 g/mol. The molecule has 1 aliphatic rings. The molecule has 25 heavy (non-hydrogen) atoms. The van der Waals surface area contributed by atoms with Crippen LogP contribution in [0.5, 0.6) is 11.5 Å². The average Bonchev–Trinajstić information content (AvgIpc) is 2.83. The van der Waals surface area contributed by atoms with E-state index in [0.29, 0.717) is 37.8 Å². The maximum atomic E-state index is 12.3. The number of nitrogens with one attached hydrogen (secondary N) is 3. The number of benzene rings is 1. The zero-order chi connectivity index (χ0) is 18.1. The number of likely N-dealkylation sites (N-methyl/N-ethyl adjacent to an activating group) is 1. The normalized spacial score (nSPS) is 14.0. The van der Waals surface area contributed by atoms with Crippen LogP contribution < -0.4 is 24.8 Å². The third-order valence-electron chi connectivity index (χ3n) is 3.55. The van der Waals surface area contributed by atoms with Crippen LogP contribution in [0.4, 0.5) is 0 Å². The van der Waals surface area contributed by atoms with Gasteiger partial charge in [-0.1, -0.05) is 6.92 Å². The quantitative estimate of drug-likeness (QED) is 0.537. The Morgan fingerprint density at radius 2 is 1.88 bits per heavy atom. The molecule has 1 amide bonds. The molecule has 1 aromatic rings. The highest BCUT2D eigenvalue weighted by molar-refractivity contribution is 7.89. The van der Waals surface area contributed by atoms with Crippen molar-refractivity contribution in [3.05, 3.63) is 18.2 Å². The van der Waals surface area contributed by atoms with E-state index in [0.717, 1.165) is 13.0 Å². The van der Waals surface area contributed by atoms with Gasteiger partial charge in [0.25, 0.3) is 0 Å². The molecule has 140 valence electrons. The first-order valence-corrected chi connectivity index (χ1v) is 9.88. The molecule has 0 atom stereocenters. The van der Waals surface area contributed by atoms with Crippen molar-refractivity contribution in [2.75, 3.05) is 39.4 Å². The second kappa shape index (κ2) is 9.59. The van der Waals surface area contributed by atoms with Crippen molar-refractivity contribution >= 4 is 15.9 Å². The SMILES string of the molecule is CCNCCNC(=O)CCNS(=O)(=O)c1ccc2c(c1)OCCCO2. The summed E-state index contributed by atoms with van der Waals surface area (Å²) < 4.78 is 38.1. The molecule has 1 heterocycles. The molecular formula is C16H25N3O5S. The Kier molecular flexibility index (Phi) is 7.48. The lowest BCUT2D eigenvalue weighted by molar-refractivity contribution is -0.120. The van der Waals surface area contributed by atoms with Gasteiger partial charge >= 0.3 is 0 Å². The maximum Gasteiger partial charge on any atom is 0.240 e. The van der Waals surface area contributed by atoms with Crippen LogP contribution in [-0.4, -0.2) is 53.7 Å². The Labute approximate surface area is 148 Å². The highest BCUT2D eigenvalue weighted by atomic mass is 32.2. The van der Waals surface area contributed by atoms with E-state index >= 15 is 0 Å². The number of carbonyl (C=O) groups excluding carboxylic acids is 1. The minimum atomic E-state index is -3.71. The summed E-state index contributed by atoms with van der Waals surface area (Å²) >= 11 is 0. The zero-order valence-electron chi connectivity index (χ0n) is 14.3. The first-order chi connectivity index (χ1) is 12.0. The summed E-state index contributed by atoms with van der Waals surface area (Å²) in [7, 11) is -3.71. The van der Waals surface area contributed by atoms with Gasteiger partial charge in [-0.3, -0.25) is 4.79 Å². The Morgan fingerprint density at radius 3 is 2.64 bits per heavy atom. The number of fused-ring (bicyclic) bond motifs is 1. The molecule has 0 aromatic heterocycles.